The molecular formula is C25H34N7O4S2-. The molecule has 3 heterocycles. The van der Waals surface area contributed by atoms with Gasteiger partial charge in [0.05, 0.1) is 22.7 Å². The van der Waals surface area contributed by atoms with Crippen LogP contribution in [-0.4, -0.2) is 64.8 Å². The maximum Gasteiger partial charge on any atom is 0.322 e. The Labute approximate surface area is 230 Å². The van der Waals surface area contributed by atoms with Crippen molar-refractivity contribution in [3.05, 3.63) is 62.4 Å². The number of thiophene rings is 2. The lowest BCUT2D eigenvalue weighted by Gasteiger charge is -2.34. The Balaban J connectivity index is 1.62. The van der Waals surface area contributed by atoms with Crippen LogP contribution < -0.4 is 16.1 Å². The largest absolute Gasteiger partial charge is 0.743 e. The lowest BCUT2D eigenvalue weighted by Crippen LogP contribution is -2.36. The molecule has 3 aromatic rings. The number of hydrazine groups is 1. The summed E-state index contributed by atoms with van der Waals surface area (Å²) < 4.78 is 0. The van der Waals surface area contributed by atoms with Crippen molar-refractivity contribution in [2.75, 3.05) is 43.2 Å². The average Bonchev–Trinajstić information content (AvgIpc) is 3.49. The number of hydrogen-bond donors (Lipinski definition) is 3. The van der Waals surface area contributed by atoms with Gasteiger partial charge in [0.25, 0.3) is 5.91 Å². The Bertz CT molecular complexity index is 1160. The van der Waals surface area contributed by atoms with E-state index in [4.69, 9.17) is 4.84 Å². The van der Waals surface area contributed by atoms with Crippen LogP contribution in [0.1, 0.15) is 43.2 Å². The second-order valence-corrected chi connectivity index (χ2v) is 11.3. The second kappa shape index (κ2) is 13.6. The number of amides is 3. The lowest BCUT2D eigenvalue weighted by atomic mass is 10.2. The Hall–Kier alpha value is -3.07. The van der Waals surface area contributed by atoms with E-state index < -0.39 is 11.5 Å². The first-order valence-corrected chi connectivity index (χ1v) is 13.9. The number of carbonyl (C=O) groups excluding carboxylic acids is 2. The summed E-state index contributed by atoms with van der Waals surface area (Å²) >= 11 is 2.83. The molecular weight excluding hydrogens is 526 g/mol. The van der Waals surface area contributed by atoms with Crippen molar-refractivity contribution in [3.63, 3.8) is 0 Å². The van der Waals surface area contributed by atoms with Crippen molar-refractivity contribution in [2.45, 2.75) is 39.3 Å². The van der Waals surface area contributed by atoms with Crippen LogP contribution in [0.4, 0.5) is 21.9 Å². The SMILES string of the molecule is CN(C)CCCN(Cc1ccc(C(=O)Nc2cscc2NN([O-])OC(C)(C)C)nc1)C(=O)Nc1ccsc1. The zero-order valence-corrected chi connectivity index (χ0v) is 23.8. The summed E-state index contributed by atoms with van der Waals surface area (Å²) in [5, 5.41) is 25.2. The number of rotatable bonds is 12. The van der Waals surface area contributed by atoms with Crippen LogP contribution in [0.2, 0.25) is 0 Å². The molecule has 0 aliphatic carbocycles. The van der Waals surface area contributed by atoms with Gasteiger partial charge in [-0.1, -0.05) is 6.07 Å². The van der Waals surface area contributed by atoms with Crippen LogP contribution >= 0.6 is 22.7 Å². The van der Waals surface area contributed by atoms with Crippen molar-refractivity contribution >= 4 is 51.7 Å². The molecule has 0 saturated heterocycles. The van der Waals surface area contributed by atoms with Gasteiger partial charge >= 0.3 is 6.03 Å². The Morgan fingerprint density at radius 3 is 2.42 bits per heavy atom. The Morgan fingerprint density at radius 1 is 1.03 bits per heavy atom. The summed E-state index contributed by atoms with van der Waals surface area (Å²) in [6.45, 7) is 7.04. The van der Waals surface area contributed by atoms with E-state index in [9.17, 15) is 14.8 Å². The fourth-order valence-electron chi connectivity index (χ4n) is 3.28. The second-order valence-electron chi connectivity index (χ2n) is 9.80. The van der Waals surface area contributed by atoms with Crippen molar-refractivity contribution in [1.82, 2.24) is 20.1 Å². The van der Waals surface area contributed by atoms with Gasteiger partial charge in [-0.2, -0.15) is 16.7 Å². The summed E-state index contributed by atoms with van der Waals surface area (Å²) in [6.07, 6.45) is 2.41. The predicted molar refractivity (Wildman–Crippen MR) is 153 cm³/mol. The molecule has 3 N–H and O–H groups in total. The lowest BCUT2D eigenvalue weighted by molar-refractivity contribution is -0.184. The third-order valence-corrected chi connectivity index (χ3v) is 6.43. The van der Waals surface area contributed by atoms with Gasteiger partial charge < -0.3 is 31.1 Å². The third kappa shape index (κ3) is 9.67. The number of hydrogen-bond acceptors (Lipinski definition) is 10. The molecule has 0 radical (unpaired) electrons. The molecule has 3 rings (SSSR count). The highest BCUT2D eigenvalue weighted by atomic mass is 32.1. The van der Waals surface area contributed by atoms with E-state index in [2.05, 4.69) is 25.9 Å². The van der Waals surface area contributed by atoms with Crippen molar-refractivity contribution < 1.29 is 14.4 Å². The highest BCUT2D eigenvalue weighted by Crippen LogP contribution is 2.28. The van der Waals surface area contributed by atoms with E-state index in [1.54, 1.807) is 54.8 Å². The average molecular weight is 561 g/mol. The van der Waals surface area contributed by atoms with E-state index in [1.807, 2.05) is 30.9 Å². The van der Waals surface area contributed by atoms with Gasteiger partial charge in [0, 0.05) is 35.4 Å². The maximum absolute atomic E-state index is 12.9. The molecule has 0 aromatic carbocycles. The van der Waals surface area contributed by atoms with E-state index >= 15 is 0 Å². The first-order chi connectivity index (χ1) is 18.0. The standard InChI is InChI=1S/C25H34N7O4S2/c1-25(2,3)36-32(35)29-22-17-38-16-21(22)28-23(33)20-8-7-18(13-26-20)14-31(11-6-10-30(4)5)24(34)27-19-9-12-37-15-19/h7-9,12-13,15-17,29H,6,10-11,14H2,1-5H3,(H,27,34)(H,28,33)/q-1. The topological polar surface area (TPSA) is 125 Å². The molecule has 0 saturated carbocycles. The molecule has 0 fully saturated rings. The summed E-state index contributed by atoms with van der Waals surface area (Å²) in [4.78, 5) is 39.0. The number of carbonyl (C=O) groups is 2. The van der Waals surface area contributed by atoms with E-state index in [-0.39, 0.29) is 17.1 Å². The fourth-order valence-corrected chi connectivity index (χ4v) is 4.57. The molecule has 0 spiro atoms. The smallest absolute Gasteiger partial charge is 0.322 e. The van der Waals surface area contributed by atoms with Crippen LogP contribution in [0.25, 0.3) is 0 Å². The highest BCUT2D eigenvalue weighted by molar-refractivity contribution is 7.09. The molecule has 11 nitrogen and oxygen atoms in total. The highest BCUT2D eigenvalue weighted by Gasteiger charge is 2.17. The van der Waals surface area contributed by atoms with E-state index in [1.165, 1.54) is 22.7 Å². The third-order valence-electron chi connectivity index (χ3n) is 5.00. The fraction of sp³-hybridized carbons (Fsp3) is 0.400. The molecule has 0 unspecified atom stereocenters. The van der Waals surface area contributed by atoms with Crippen molar-refractivity contribution in [2.24, 2.45) is 0 Å². The van der Waals surface area contributed by atoms with Gasteiger partial charge in [-0.25, -0.2) is 4.79 Å². The number of nitrogens with one attached hydrogen (secondary N) is 3. The number of anilines is 3. The minimum absolute atomic E-state index is 0.190. The number of aromatic nitrogens is 1. The molecule has 13 heteroatoms. The van der Waals surface area contributed by atoms with Crippen LogP contribution in [0.3, 0.4) is 0 Å². The van der Waals surface area contributed by atoms with E-state index in [0.29, 0.717) is 24.5 Å². The minimum atomic E-state index is -0.674. The Kier molecular flexibility index (Phi) is 10.6. The predicted octanol–water partition coefficient (Wildman–Crippen LogP) is 5.30. The quantitative estimate of drug-likeness (QED) is 0.255. The molecule has 3 amide bonds. The summed E-state index contributed by atoms with van der Waals surface area (Å²) in [5.41, 5.74) is 4.50. The zero-order valence-electron chi connectivity index (χ0n) is 22.2. The molecule has 38 heavy (non-hydrogen) atoms. The van der Waals surface area contributed by atoms with E-state index in [0.717, 1.165) is 24.2 Å². The van der Waals surface area contributed by atoms with Crippen LogP contribution in [0, 0.1) is 5.21 Å². The van der Waals surface area contributed by atoms with Gasteiger partial charge in [0.1, 0.15) is 5.69 Å². The van der Waals surface area contributed by atoms with Crippen molar-refractivity contribution in [3.8, 4) is 0 Å². The summed E-state index contributed by atoms with van der Waals surface area (Å²) in [6, 6.07) is 5.06. The number of pyridine rings is 1. The summed E-state index contributed by atoms with van der Waals surface area (Å²) in [5.74, 6) is -0.426. The first-order valence-electron chi connectivity index (χ1n) is 12.0. The molecule has 3 aromatic heterocycles. The molecule has 0 aliphatic rings. The summed E-state index contributed by atoms with van der Waals surface area (Å²) in [7, 11) is 3.99. The first kappa shape index (κ1) is 29.5. The van der Waals surface area contributed by atoms with Gasteiger partial charge in [-0.15, -0.1) is 11.3 Å². The Morgan fingerprint density at radius 2 is 1.79 bits per heavy atom. The molecule has 0 atom stereocenters. The van der Waals surface area contributed by atoms with Gasteiger partial charge in [0.15, 0.2) is 0 Å². The van der Waals surface area contributed by atoms with Gasteiger partial charge in [0.2, 0.25) is 0 Å². The van der Waals surface area contributed by atoms with Crippen LogP contribution in [0.15, 0.2) is 45.9 Å². The van der Waals surface area contributed by atoms with Crippen LogP contribution in [-0.2, 0) is 11.4 Å². The van der Waals surface area contributed by atoms with Crippen LogP contribution in [0.5, 0.6) is 0 Å². The van der Waals surface area contributed by atoms with Gasteiger partial charge in [-0.05, 0) is 70.9 Å². The minimum Gasteiger partial charge on any atom is -0.743 e. The molecule has 0 aliphatic heterocycles. The van der Waals surface area contributed by atoms with Gasteiger partial charge in [-0.3, -0.25) is 14.6 Å². The van der Waals surface area contributed by atoms with Crippen molar-refractivity contribution in [1.29, 1.82) is 0 Å². The number of nitrogens with zero attached hydrogens (tertiary/aromatic N) is 4. The molecule has 0 bridgehead atoms. The zero-order chi connectivity index (χ0) is 27.7. The monoisotopic (exact) mass is 560 g/mol. The maximum atomic E-state index is 12.9. The molecule has 206 valence electrons. The number of urea groups is 1. The normalized spacial score (nSPS) is 11.6.